The molecule has 0 aliphatic carbocycles. The second-order valence-electron chi connectivity index (χ2n) is 6.25. The fraction of sp³-hybridized carbons (Fsp3) is 0.412. The van der Waals surface area contributed by atoms with Crippen LogP contribution in [0.2, 0.25) is 5.02 Å². The van der Waals surface area contributed by atoms with E-state index in [1.54, 1.807) is 16.2 Å². The smallest absolute Gasteiger partial charge is 0.308 e. The molecule has 1 aliphatic rings. The van der Waals surface area contributed by atoms with E-state index in [1.807, 2.05) is 30.5 Å². The van der Waals surface area contributed by atoms with Crippen LogP contribution in [0.15, 0.2) is 23.6 Å². The molecular weight excluding hydrogens is 334 g/mol. The zero-order chi connectivity index (χ0) is 16.6. The first kappa shape index (κ1) is 16.3. The van der Waals surface area contributed by atoms with Crippen molar-refractivity contribution in [3.05, 3.63) is 34.2 Å². The average Bonchev–Trinajstić information content (AvgIpc) is 2.89. The molecule has 1 amide bonds. The van der Waals surface area contributed by atoms with Gasteiger partial charge in [0.1, 0.15) is 0 Å². The van der Waals surface area contributed by atoms with Crippen LogP contribution >= 0.6 is 22.9 Å². The molecule has 0 radical (unpaired) electrons. The summed E-state index contributed by atoms with van der Waals surface area (Å²) in [4.78, 5) is 25.6. The SMILES string of the molecule is CC1CC(C(=O)O)CN(C(=O)Cc2csc3ccc(Cl)cc23)C1. The van der Waals surface area contributed by atoms with Gasteiger partial charge in [0.15, 0.2) is 0 Å². The predicted molar refractivity (Wildman–Crippen MR) is 92.0 cm³/mol. The van der Waals surface area contributed by atoms with Crippen LogP contribution in [0, 0.1) is 11.8 Å². The zero-order valence-electron chi connectivity index (χ0n) is 12.8. The largest absolute Gasteiger partial charge is 0.481 e. The summed E-state index contributed by atoms with van der Waals surface area (Å²) in [7, 11) is 0. The molecule has 2 heterocycles. The van der Waals surface area contributed by atoms with Crippen molar-refractivity contribution in [2.24, 2.45) is 11.8 Å². The Morgan fingerprint density at radius 2 is 2.17 bits per heavy atom. The van der Waals surface area contributed by atoms with E-state index >= 15 is 0 Å². The first-order valence-electron chi connectivity index (χ1n) is 7.60. The van der Waals surface area contributed by atoms with Crippen LogP contribution in [-0.2, 0) is 16.0 Å². The molecule has 1 N–H and O–H groups in total. The predicted octanol–water partition coefficient (Wildman–Crippen LogP) is 3.67. The van der Waals surface area contributed by atoms with Crippen molar-refractivity contribution < 1.29 is 14.7 Å². The molecule has 1 aromatic heterocycles. The Bertz CT molecular complexity index is 757. The topological polar surface area (TPSA) is 57.6 Å². The van der Waals surface area contributed by atoms with Gasteiger partial charge in [0.05, 0.1) is 12.3 Å². The third-order valence-electron chi connectivity index (χ3n) is 4.32. The molecule has 2 unspecified atom stereocenters. The van der Waals surface area contributed by atoms with Crippen LogP contribution in [0.1, 0.15) is 18.9 Å². The van der Waals surface area contributed by atoms with Crippen molar-refractivity contribution in [2.45, 2.75) is 19.8 Å². The molecule has 3 rings (SSSR count). The summed E-state index contributed by atoms with van der Waals surface area (Å²) < 4.78 is 1.10. The van der Waals surface area contributed by atoms with Crippen molar-refractivity contribution >= 4 is 44.9 Å². The number of aliphatic carboxylic acids is 1. The summed E-state index contributed by atoms with van der Waals surface area (Å²) in [6.07, 6.45) is 0.926. The van der Waals surface area contributed by atoms with Crippen LogP contribution < -0.4 is 0 Å². The van der Waals surface area contributed by atoms with Crippen molar-refractivity contribution in [3.63, 3.8) is 0 Å². The van der Waals surface area contributed by atoms with Gasteiger partial charge in [-0.1, -0.05) is 18.5 Å². The maximum atomic E-state index is 12.6. The summed E-state index contributed by atoms with van der Waals surface area (Å²) in [5, 5.41) is 12.9. The van der Waals surface area contributed by atoms with Gasteiger partial charge >= 0.3 is 5.97 Å². The minimum absolute atomic E-state index is 0.0116. The first-order valence-corrected chi connectivity index (χ1v) is 8.86. The van der Waals surface area contributed by atoms with Crippen molar-refractivity contribution in [1.29, 1.82) is 0 Å². The van der Waals surface area contributed by atoms with E-state index in [1.165, 1.54) is 0 Å². The highest BCUT2D eigenvalue weighted by atomic mass is 35.5. The molecule has 4 nitrogen and oxygen atoms in total. The monoisotopic (exact) mass is 351 g/mol. The number of hydrogen-bond acceptors (Lipinski definition) is 3. The lowest BCUT2D eigenvalue weighted by Crippen LogP contribution is -2.46. The van der Waals surface area contributed by atoms with Gasteiger partial charge in [-0.3, -0.25) is 9.59 Å². The molecular formula is C17H18ClNO3S. The van der Waals surface area contributed by atoms with Crippen LogP contribution in [-0.4, -0.2) is 35.0 Å². The number of carbonyl (C=O) groups is 2. The number of halogens is 1. The fourth-order valence-electron chi connectivity index (χ4n) is 3.20. The van der Waals surface area contributed by atoms with Crippen molar-refractivity contribution in [3.8, 4) is 0 Å². The number of nitrogens with zero attached hydrogens (tertiary/aromatic N) is 1. The summed E-state index contributed by atoms with van der Waals surface area (Å²) in [5.74, 6) is -1.08. The number of hydrogen-bond donors (Lipinski definition) is 1. The summed E-state index contributed by atoms with van der Waals surface area (Å²) >= 11 is 7.64. The van der Waals surface area contributed by atoms with Gasteiger partial charge in [-0.05, 0) is 46.9 Å². The van der Waals surface area contributed by atoms with E-state index in [0.717, 1.165) is 15.6 Å². The van der Waals surface area contributed by atoms with Gasteiger partial charge in [-0.2, -0.15) is 0 Å². The van der Waals surface area contributed by atoms with Gasteiger partial charge in [-0.25, -0.2) is 0 Å². The molecule has 0 saturated carbocycles. The Balaban J connectivity index is 1.77. The molecule has 2 atom stereocenters. The quantitative estimate of drug-likeness (QED) is 0.917. The maximum Gasteiger partial charge on any atom is 0.308 e. The number of benzene rings is 1. The number of piperidine rings is 1. The molecule has 1 saturated heterocycles. The van der Waals surface area contributed by atoms with Gasteiger partial charge in [0.25, 0.3) is 0 Å². The van der Waals surface area contributed by atoms with Crippen molar-refractivity contribution in [1.82, 2.24) is 4.90 Å². The normalized spacial score (nSPS) is 21.6. The number of rotatable bonds is 3. The molecule has 0 spiro atoms. The van der Waals surface area contributed by atoms with Crippen LogP contribution in [0.4, 0.5) is 0 Å². The van der Waals surface area contributed by atoms with Gasteiger partial charge in [-0.15, -0.1) is 11.3 Å². The van der Waals surface area contributed by atoms with Crippen molar-refractivity contribution in [2.75, 3.05) is 13.1 Å². The number of amides is 1. The molecule has 6 heteroatoms. The number of fused-ring (bicyclic) bond motifs is 1. The third kappa shape index (κ3) is 3.51. The first-order chi connectivity index (χ1) is 10.9. The Morgan fingerprint density at radius 3 is 2.91 bits per heavy atom. The molecule has 1 aromatic carbocycles. The minimum atomic E-state index is -0.817. The number of carboxylic acid groups (broad SMARTS) is 1. The highest BCUT2D eigenvalue weighted by Crippen LogP contribution is 2.30. The zero-order valence-corrected chi connectivity index (χ0v) is 14.4. The highest BCUT2D eigenvalue weighted by molar-refractivity contribution is 7.17. The molecule has 0 bridgehead atoms. The number of likely N-dealkylation sites (tertiary alicyclic amines) is 1. The summed E-state index contributed by atoms with van der Waals surface area (Å²) in [6, 6.07) is 5.68. The second kappa shape index (κ2) is 6.49. The van der Waals surface area contributed by atoms with E-state index in [4.69, 9.17) is 11.6 Å². The average molecular weight is 352 g/mol. The lowest BCUT2D eigenvalue weighted by atomic mass is 9.90. The molecule has 1 aliphatic heterocycles. The Labute approximate surface area is 143 Å². The number of carboxylic acids is 1. The van der Waals surface area contributed by atoms with Gasteiger partial charge in [0, 0.05) is 22.8 Å². The van der Waals surface area contributed by atoms with E-state index in [-0.39, 0.29) is 11.8 Å². The standard InChI is InChI=1S/C17H18ClNO3S/c1-10-4-11(17(21)22)8-19(7-10)16(20)5-12-9-23-15-3-2-13(18)6-14(12)15/h2-3,6,9-11H,4-5,7-8H2,1H3,(H,21,22). The molecule has 1 fully saturated rings. The van der Waals surface area contributed by atoms with Crippen LogP contribution in [0.25, 0.3) is 10.1 Å². The van der Waals surface area contributed by atoms with E-state index in [0.29, 0.717) is 31.0 Å². The van der Waals surface area contributed by atoms with E-state index in [9.17, 15) is 14.7 Å². The summed E-state index contributed by atoms with van der Waals surface area (Å²) in [6.45, 7) is 2.93. The molecule has 2 aromatic rings. The van der Waals surface area contributed by atoms with Gasteiger partial charge in [0.2, 0.25) is 5.91 Å². The lowest BCUT2D eigenvalue weighted by Gasteiger charge is -2.34. The van der Waals surface area contributed by atoms with Gasteiger partial charge < -0.3 is 10.0 Å². The lowest BCUT2D eigenvalue weighted by molar-refractivity contribution is -0.146. The minimum Gasteiger partial charge on any atom is -0.481 e. The van der Waals surface area contributed by atoms with E-state index < -0.39 is 11.9 Å². The Morgan fingerprint density at radius 1 is 1.39 bits per heavy atom. The highest BCUT2D eigenvalue weighted by Gasteiger charge is 2.31. The Hall–Kier alpha value is -1.59. The maximum absolute atomic E-state index is 12.6. The molecule has 23 heavy (non-hydrogen) atoms. The fourth-order valence-corrected chi connectivity index (χ4v) is 4.31. The summed E-state index contributed by atoms with van der Waals surface area (Å²) in [5.41, 5.74) is 0.961. The third-order valence-corrected chi connectivity index (χ3v) is 5.57. The van der Waals surface area contributed by atoms with Crippen LogP contribution in [0.3, 0.4) is 0 Å². The van der Waals surface area contributed by atoms with E-state index in [2.05, 4.69) is 0 Å². The number of carbonyl (C=O) groups excluding carboxylic acids is 1. The van der Waals surface area contributed by atoms with Crippen LogP contribution in [0.5, 0.6) is 0 Å². The second-order valence-corrected chi connectivity index (χ2v) is 7.60. The Kier molecular flexibility index (Phi) is 4.60. The number of thiophene rings is 1. The molecule has 122 valence electrons.